The van der Waals surface area contributed by atoms with Gasteiger partial charge in [0.2, 0.25) is 15.9 Å². The van der Waals surface area contributed by atoms with Crippen molar-refractivity contribution < 1.29 is 27.6 Å². The first-order valence-corrected chi connectivity index (χ1v) is 10.8. The number of anilines is 1. The average Bonchev–Trinajstić information content (AvgIpc) is 2.97. The second-order valence-electron chi connectivity index (χ2n) is 7.10. The zero-order valence-electron chi connectivity index (χ0n) is 16.4. The lowest BCUT2D eigenvalue weighted by molar-refractivity contribution is -0.122. The quantitative estimate of drug-likeness (QED) is 0.654. The molecule has 2 heterocycles. The predicted molar refractivity (Wildman–Crippen MR) is 109 cm³/mol. The highest BCUT2D eigenvalue weighted by atomic mass is 32.2. The SMILES string of the molecule is CN1C(=O)c2ccc(NC(=O)c3cccc(S(=O)(=O)N4CCNC(=O)C4)c3)cc2C1=O. The summed E-state index contributed by atoms with van der Waals surface area (Å²) in [4.78, 5) is 49.2. The molecule has 10 nitrogen and oxygen atoms in total. The van der Waals surface area contributed by atoms with Gasteiger partial charge in [-0.2, -0.15) is 4.31 Å². The summed E-state index contributed by atoms with van der Waals surface area (Å²) in [7, 11) is -2.57. The van der Waals surface area contributed by atoms with E-state index in [1.165, 1.54) is 49.5 Å². The van der Waals surface area contributed by atoms with Crippen LogP contribution in [0.1, 0.15) is 31.1 Å². The van der Waals surface area contributed by atoms with Crippen molar-refractivity contribution in [3.8, 4) is 0 Å². The van der Waals surface area contributed by atoms with Crippen LogP contribution in [0.4, 0.5) is 5.69 Å². The van der Waals surface area contributed by atoms with Gasteiger partial charge in [-0.05, 0) is 36.4 Å². The Kier molecular flexibility index (Phi) is 5.07. The summed E-state index contributed by atoms with van der Waals surface area (Å²) in [5, 5.41) is 5.17. The topological polar surface area (TPSA) is 133 Å². The van der Waals surface area contributed by atoms with E-state index in [0.29, 0.717) is 5.69 Å². The number of nitrogens with one attached hydrogen (secondary N) is 2. The van der Waals surface area contributed by atoms with Crippen molar-refractivity contribution in [2.45, 2.75) is 4.90 Å². The predicted octanol–water partition coefficient (Wildman–Crippen LogP) is 0.285. The Balaban J connectivity index is 1.56. The number of hydrogen-bond donors (Lipinski definition) is 2. The number of amides is 4. The fourth-order valence-electron chi connectivity index (χ4n) is 3.41. The minimum Gasteiger partial charge on any atom is -0.354 e. The van der Waals surface area contributed by atoms with Crippen molar-refractivity contribution in [2.75, 3.05) is 32.0 Å². The molecule has 1 fully saturated rings. The van der Waals surface area contributed by atoms with Crippen LogP contribution in [0.3, 0.4) is 0 Å². The van der Waals surface area contributed by atoms with Gasteiger partial charge < -0.3 is 10.6 Å². The van der Waals surface area contributed by atoms with Crippen LogP contribution < -0.4 is 10.6 Å². The lowest BCUT2D eigenvalue weighted by Gasteiger charge is -2.26. The number of imide groups is 1. The van der Waals surface area contributed by atoms with Gasteiger partial charge in [0.15, 0.2) is 0 Å². The molecule has 0 unspecified atom stereocenters. The molecule has 4 rings (SSSR count). The smallest absolute Gasteiger partial charge is 0.261 e. The highest BCUT2D eigenvalue weighted by molar-refractivity contribution is 7.89. The standard InChI is InChI=1S/C20H18N4O6S/c1-23-19(27)15-6-5-13(10-16(15)20(23)28)22-18(26)12-3-2-4-14(9-12)31(29,30)24-8-7-21-17(25)11-24/h2-6,9-10H,7-8,11H2,1H3,(H,21,25)(H,22,26). The summed E-state index contributed by atoms with van der Waals surface area (Å²) in [6.45, 7) is 0.0723. The second kappa shape index (κ2) is 7.60. The van der Waals surface area contributed by atoms with Gasteiger partial charge >= 0.3 is 0 Å². The van der Waals surface area contributed by atoms with Crippen molar-refractivity contribution in [3.05, 3.63) is 59.2 Å². The Labute approximate surface area is 177 Å². The number of sulfonamides is 1. The van der Waals surface area contributed by atoms with Crippen molar-refractivity contribution in [1.82, 2.24) is 14.5 Å². The molecule has 0 aromatic heterocycles. The van der Waals surface area contributed by atoms with E-state index in [9.17, 15) is 27.6 Å². The first kappa shape index (κ1) is 20.7. The third kappa shape index (κ3) is 3.68. The third-order valence-electron chi connectivity index (χ3n) is 5.08. The lowest BCUT2D eigenvalue weighted by Crippen LogP contribution is -2.49. The minimum absolute atomic E-state index is 0.0857. The molecular weight excluding hydrogens is 424 g/mol. The van der Waals surface area contributed by atoms with Crippen LogP contribution >= 0.6 is 0 Å². The largest absolute Gasteiger partial charge is 0.354 e. The molecule has 160 valence electrons. The molecule has 4 amide bonds. The molecule has 0 atom stereocenters. The fourth-order valence-corrected chi connectivity index (χ4v) is 4.85. The molecule has 0 radical (unpaired) electrons. The summed E-state index contributed by atoms with van der Waals surface area (Å²) >= 11 is 0. The van der Waals surface area contributed by atoms with E-state index in [1.807, 2.05) is 0 Å². The molecule has 2 aliphatic rings. The van der Waals surface area contributed by atoms with Crippen LogP contribution in [0.2, 0.25) is 0 Å². The summed E-state index contributed by atoms with van der Waals surface area (Å²) in [6, 6.07) is 9.83. The molecule has 2 aliphatic heterocycles. The molecule has 11 heteroatoms. The van der Waals surface area contributed by atoms with Gasteiger partial charge in [0, 0.05) is 31.4 Å². The Morgan fingerprint density at radius 1 is 1.03 bits per heavy atom. The summed E-state index contributed by atoms with van der Waals surface area (Å²) in [5.74, 6) is -1.85. The first-order valence-electron chi connectivity index (χ1n) is 9.33. The highest BCUT2D eigenvalue weighted by Crippen LogP contribution is 2.25. The Hall–Kier alpha value is -3.57. The number of piperazine rings is 1. The summed E-state index contributed by atoms with van der Waals surface area (Å²) in [6.07, 6.45) is 0. The zero-order chi connectivity index (χ0) is 22.3. The second-order valence-corrected chi connectivity index (χ2v) is 9.04. The van der Waals surface area contributed by atoms with E-state index in [1.54, 1.807) is 0 Å². The molecule has 0 saturated carbocycles. The number of rotatable bonds is 4. The van der Waals surface area contributed by atoms with Gasteiger partial charge in [-0.25, -0.2) is 8.42 Å². The normalized spacial score (nSPS) is 16.8. The minimum atomic E-state index is -3.95. The molecule has 0 bridgehead atoms. The van der Waals surface area contributed by atoms with Crippen molar-refractivity contribution in [2.24, 2.45) is 0 Å². The zero-order valence-corrected chi connectivity index (χ0v) is 17.2. The van der Waals surface area contributed by atoms with E-state index in [2.05, 4.69) is 10.6 Å². The molecule has 1 saturated heterocycles. The Bertz CT molecular complexity index is 1240. The van der Waals surface area contributed by atoms with Gasteiger partial charge in [-0.15, -0.1) is 0 Å². The average molecular weight is 442 g/mol. The van der Waals surface area contributed by atoms with Crippen LogP contribution in [0.5, 0.6) is 0 Å². The van der Waals surface area contributed by atoms with Crippen LogP contribution in [0, 0.1) is 0 Å². The van der Waals surface area contributed by atoms with Crippen LogP contribution in [-0.4, -0.2) is 67.9 Å². The van der Waals surface area contributed by atoms with E-state index in [-0.39, 0.29) is 47.1 Å². The molecule has 31 heavy (non-hydrogen) atoms. The molecule has 2 aromatic carbocycles. The van der Waals surface area contributed by atoms with E-state index < -0.39 is 27.7 Å². The fraction of sp³-hybridized carbons (Fsp3) is 0.200. The van der Waals surface area contributed by atoms with Gasteiger partial charge in [-0.3, -0.25) is 24.1 Å². The van der Waals surface area contributed by atoms with Crippen molar-refractivity contribution in [1.29, 1.82) is 0 Å². The van der Waals surface area contributed by atoms with Gasteiger partial charge in [-0.1, -0.05) is 6.07 Å². The van der Waals surface area contributed by atoms with Crippen molar-refractivity contribution in [3.63, 3.8) is 0 Å². The number of fused-ring (bicyclic) bond motifs is 1. The molecule has 0 aliphatic carbocycles. The van der Waals surface area contributed by atoms with Gasteiger partial charge in [0.05, 0.1) is 22.6 Å². The van der Waals surface area contributed by atoms with Crippen LogP contribution in [-0.2, 0) is 14.8 Å². The highest BCUT2D eigenvalue weighted by Gasteiger charge is 2.33. The van der Waals surface area contributed by atoms with Gasteiger partial charge in [0.25, 0.3) is 17.7 Å². The number of benzene rings is 2. The summed E-state index contributed by atoms with van der Waals surface area (Å²) < 4.78 is 26.7. The van der Waals surface area contributed by atoms with Crippen molar-refractivity contribution >= 4 is 39.3 Å². The molecule has 2 N–H and O–H groups in total. The number of carbonyl (C=O) groups is 4. The van der Waals surface area contributed by atoms with E-state index in [4.69, 9.17) is 0 Å². The molecule has 0 spiro atoms. The van der Waals surface area contributed by atoms with Crippen LogP contribution in [0.25, 0.3) is 0 Å². The maximum atomic E-state index is 12.8. The number of carbonyl (C=O) groups excluding carboxylic acids is 4. The van der Waals surface area contributed by atoms with Crippen LogP contribution in [0.15, 0.2) is 47.4 Å². The Morgan fingerprint density at radius 3 is 2.52 bits per heavy atom. The molecule has 2 aromatic rings. The first-order chi connectivity index (χ1) is 14.7. The maximum Gasteiger partial charge on any atom is 0.261 e. The van der Waals surface area contributed by atoms with E-state index >= 15 is 0 Å². The third-order valence-corrected chi connectivity index (χ3v) is 6.93. The molecular formula is C20H18N4O6S. The maximum absolute atomic E-state index is 12.8. The monoisotopic (exact) mass is 442 g/mol. The summed E-state index contributed by atoms with van der Waals surface area (Å²) in [5.41, 5.74) is 0.817. The number of nitrogens with zero attached hydrogens (tertiary/aromatic N) is 2. The van der Waals surface area contributed by atoms with Gasteiger partial charge in [0.1, 0.15) is 0 Å². The van der Waals surface area contributed by atoms with E-state index in [0.717, 1.165) is 9.21 Å². The lowest BCUT2D eigenvalue weighted by atomic mass is 10.1. The number of hydrogen-bond acceptors (Lipinski definition) is 6. The Morgan fingerprint density at radius 2 is 1.77 bits per heavy atom.